The van der Waals surface area contributed by atoms with Crippen molar-refractivity contribution in [1.29, 1.82) is 0 Å². The fourth-order valence-corrected chi connectivity index (χ4v) is 1.94. The van der Waals surface area contributed by atoms with Gasteiger partial charge in [-0.2, -0.15) is 0 Å². The number of rotatable bonds is 13. The predicted octanol–water partition coefficient (Wildman–Crippen LogP) is 8.35. The summed E-state index contributed by atoms with van der Waals surface area (Å²) in [5, 5.41) is 0. The first-order valence-corrected chi connectivity index (χ1v) is 9.67. The Balaban J connectivity index is 5.10. The van der Waals surface area contributed by atoms with Gasteiger partial charge >= 0.3 is 0 Å². The van der Waals surface area contributed by atoms with E-state index in [0.29, 0.717) is 12.2 Å². The molecule has 0 fully saturated rings. The van der Waals surface area contributed by atoms with Crippen LogP contribution in [0.5, 0.6) is 0 Å². The highest BCUT2D eigenvalue weighted by atomic mass is 19.2. The van der Waals surface area contributed by atoms with Crippen LogP contribution in [-0.4, -0.2) is 12.7 Å². The van der Waals surface area contributed by atoms with E-state index in [9.17, 15) is 13.2 Å². The minimum atomic E-state index is -1.14. The lowest BCUT2D eigenvalue weighted by Crippen LogP contribution is -2.14. The van der Waals surface area contributed by atoms with E-state index < -0.39 is 17.5 Å². The van der Waals surface area contributed by atoms with Crippen molar-refractivity contribution in [3.63, 3.8) is 0 Å². The summed E-state index contributed by atoms with van der Waals surface area (Å²) in [7, 11) is 0. The fraction of sp³-hybridized carbons (Fsp3) is 0.308. The molecule has 0 saturated carbocycles. The van der Waals surface area contributed by atoms with Crippen molar-refractivity contribution in [3.05, 3.63) is 109 Å². The van der Waals surface area contributed by atoms with Gasteiger partial charge in [0.2, 0.25) is 0 Å². The molecule has 30 heavy (non-hydrogen) atoms. The lowest BCUT2D eigenvalue weighted by atomic mass is 9.99. The molecule has 0 aromatic heterocycles. The Labute approximate surface area is 179 Å². The smallest absolute Gasteiger partial charge is 0.166 e. The van der Waals surface area contributed by atoms with Gasteiger partial charge in [-0.15, -0.1) is 0 Å². The molecule has 0 N–H and O–H groups in total. The third-order valence-corrected chi connectivity index (χ3v) is 4.53. The topological polar surface area (TPSA) is 9.23 Å². The molecule has 2 atom stereocenters. The van der Waals surface area contributed by atoms with Crippen molar-refractivity contribution < 1.29 is 17.9 Å². The fourth-order valence-electron chi connectivity index (χ4n) is 1.94. The molecule has 0 rings (SSSR count). The first kappa shape index (κ1) is 27.4. The molecule has 164 valence electrons. The maximum absolute atomic E-state index is 14.5. The highest BCUT2D eigenvalue weighted by Gasteiger charge is 2.13. The third-order valence-electron chi connectivity index (χ3n) is 4.53. The van der Waals surface area contributed by atoms with Crippen LogP contribution in [0, 0.1) is 5.92 Å². The highest BCUT2D eigenvalue weighted by Crippen LogP contribution is 2.27. The Morgan fingerprint density at radius 3 is 1.83 bits per heavy atom. The second-order valence-electron chi connectivity index (χ2n) is 7.27. The Kier molecular flexibility index (Phi) is 11.8. The van der Waals surface area contributed by atoms with Crippen LogP contribution < -0.4 is 0 Å². The third kappa shape index (κ3) is 8.83. The van der Waals surface area contributed by atoms with Gasteiger partial charge in [-0.3, -0.25) is 0 Å². The van der Waals surface area contributed by atoms with Gasteiger partial charge in [-0.1, -0.05) is 65.5 Å². The van der Waals surface area contributed by atoms with E-state index in [2.05, 4.69) is 39.5 Å². The average molecular weight is 419 g/mol. The Morgan fingerprint density at radius 1 is 0.867 bits per heavy atom. The number of halogens is 3. The highest BCUT2D eigenvalue weighted by molar-refractivity contribution is 5.53. The van der Waals surface area contributed by atoms with E-state index >= 15 is 0 Å². The second kappa shape index (κ2) is 12.9. The van der Waals surface area contributed by atoms with Gasteiger partial charge < -0.3 is 4.74 Å². The standard InChI is InChI=1S/C26H33F3O/c1-11-21(8)30-15-20(7)19(6)14-24(27)22(9)17(4)12-13-18(5)23(10)26(29)25(28)16(2)3/h12-14,20-21H,2,4-6,9-11,15H2,1,3,7-8H3/b13-12-,24-14+,26-25-. The lowest BCUT2D eigenvalue weighted by molar-refractivity contribution is 0.0493. The molecule has 0 aliphatic carbocycles. The molecular weight excluding hydrogens is 385 g/mol. The van der Waals surface area contributed by atoms with Crippen molar-refractivity contribution in [1.82, 2.24) is 0 Å². The molecule has 2 unspecified atom stereocenters. The van der Waals surface area contributed by atoms with Gasteiger partial charge in [-0.05, 0) is 48.6 Å². The molecule has 0 saturated heterocycles. The molecule has 0 aromatic rings. The van der Waals surface area contributed by atoms with E-state index in [4.69, 9.17) is 4.74 Å². The van der Waals surface area contributed by atoms with E-state index in [0.717, 1.165) is 6.42 Å². The van der Waals surface area contributed by atoms with E-state index in [1.807, 2.05) is 20.8 Å². The molecule has 0 radical (unpaired) electrons. The Bertz CT molecular complexity index is 821. The van der Waals surface area contributed by atoms with Crippen molar-refractivity contribution in [2.24, 2.45) is 5.92 Å². The molecule has 0 amide bonds. The van der Waals surface area contributed by atoms with E-state index in [-0.39, 0.29) is 39.9 Å². The first-order valence-electron chi connectivity index (χ1n) is 9.67. The normalized spacial score (nSPS) is 14.7. The first-order chi connectivity index (χ1) is 13.8. The summed E-state index contributed by atoms with van der Waals surface area (Å²) in [6, 6.07) is 0. The molecule has 0 heterocycles. The zero-order valence-corrected chi connectivity index (χ0v) is 18.6. The zero-order chi connectivity index (χ0) is 23.6. The van der Waals surface area contributed by atoms with E-state index in [1.54, 1.807) is 0 Å². The lowest BCUT2D eigenvalue weighted by Gasteiger charge is -2.16. The summed E-state index contributed by atoms with van der Waals surface area (Å²) >= 11 is 0. The van der Waals surface area contributed by atoms with E-state index in [1.165, 1.54) is 25.2 Å². The zero-order valence-electron chi connectivity index (χ0n) is 18.6. The number of allylic oxidation sites excluding steroid dienone is 11. The number of hydrogen-bond acceptors (Lipinski definition) is 1. The maximum Gasteiger partial charge on any atom is 0.166 e. The summed E-state index contributed by atoms with van der Waals surface area (Å²) in [5.74, 6) is -2.88. The van der Waals surface area contributed by atoms with Gasteiger partial charge in [0.15, 0.2) is 11.7 Å². The van der Waals surface area contributed by atoms with Gasteiger partial charge in [0.05, 0.1) is 12.7 Å². The molecular formula is C26H33F3O. The van der Waals surface area contributed by atoms with Crippen LogP contribution in [0.4, 0.5) is 13.2 Å². The van der Waals surface area contributed by atoms with Crippen molar-refractivity contribution >= 4 is 0 Å². The van der Waals surface area contributed by atoms with Crippen molar-refractivity contribution in [2.45, 2.75) is 40.2 Å². The molecule has 0 bridgehead atoms. The molecule has 4 heteroatoms. The van der Waals surface area contributed by atoms with Gasteiger partial charge in [-0.25, -0.2) is 13.2 Å². The Morgan fingerprint density at radius 2 is 1.37 bits per heavy atom. The molecule has 0 spiro atoms. The van der Waals surface area contributed by atoms with Crippen LogP contribution in [-0.2, 0) is 4.74 Å². The molecule has 0 aliphatic rings. The van der Waals surface area contributed by atoms with Crippen LogP contribution in [0.15, 0.2) is 109 Å². The van der Waals surface area contributed by atoms with Crippen LogP contribution in [0.3, 0.4) is 0 Å². The van der Waals surface area contributed by atoms with Gasteiger partial charge in [0.25, 0.3) is 0 Å². The van der Waals surface area contributed by atoms with Crippen LogP contribution in [0.1, 0.15) is 34.1 Å². The average Bonchev–Trinajstić information content (AvgIpc) is 2.72. The summed E-state index contributed by atoms with van der Waals surface area (Å²) < 4.78 is 47.8. The molecule has 0 aromatic carbocycles. The minimum absolute atomic E-state index is 0.0463. The van der Waals surface area contributed by atoms with Crippen molar-refractivity contribution in [2.75, 3.05) is 6.61 Å². The second-order valence-corrected chi connectivity index (χ2v) is 7.27. The molecule has 1 nitrogen and oxygen atoms in total. The largest absolute Gasteiger partial charge is 0.378 e. The molecule has 0 aliphatic heterocycles. The quantitative estimate of drug-likeness (QED) is 0.273. The van der Waals surface area contributed by atoms with Gasteiger partial charge in [0.1, 0.15) is 5.83 Å². The van der Waals surface area contributed by atoms with Gasteiger partial charge in [0, 0.05) is 17.1 Å². The van der Waals surface area contributed by atoms with Crippen LogP contribution in [0.2, 0.25) is 0 Å². The summed E-state index contributed by atoms with van der Waals surface area (Å²) in [4.78, 5) is 0. The predicted molar refractivity (Wildman–Crippen MR) is 123 cm³/mol. The summed E-state index contributed by atoms with van der Waals surface area (Å²) in [6.07, 6.45) is 5.09. The number of ether oxygens (including phenoxy) is 1. The van der Waals surface area contributed by atoms with Crippen molar-refractivity contribution in [3.8, 4) is 0 Å². The summed E-state index contributed by atoms with van der Waals surface area (Å²) in [5.41, 5.74) is 0.685. The minimum Gasteiger partial charge on any atom is -0.378 e. The Hall–Kier alpha value is -2.59. The number of hydrogen-bond donors (Lipinski definition) is 0. The monoisotopic (exact) mass is 418 g/mol. The maximum atomic E-state index is 14.5. The van der Waals surface area contributed by atoms with Crippen LogP contribution in [0.25, 0.3) is 0 Å². The SMILES string of the molecule is C=C(/C=C\C(=C)C(=C)/C(F)=C\C(=C)C(C)COC(C)CC)C(=C)/C(F)=C(/F)C(=C)C. The summed E-state index contributed by atoms with van der Waals surface area (Å²) in [6.45, 7) is 29.5. The van der Waals surface area contributed by atoms with Crippen LogP contribution >= 0.6 is 0 Å².